The van der Waals surface area contributed by atoms with Crippen LogP contribution in [0.4, 0.5) is 0 Å². The zero-order chi connectivity index (χ0) is 19.8. The van der Waals surface area contributed by atoms with Gasteiger partial charge in [0, 0.05) is 18.2 Å². The molecule has 7 heteroatoms. The van der Waals surface area contributed by atoms with Gasteiger partial charge in [0.05, 0.1) is 18.7 Å². The van der Waals surface area contributed by atoms with Gasteiger partial charge in [-0.25, -0.2) is 0 Å². The van der Waals surface area contributed by atoms with Gasteiger partial charge in [-0.05, 0) is 24.3 Å². The topological polar surface area (TPSA) is 85.3 Å². The number of likely N-dealkylation sites (N-methyl/N-ethyl adjacent to an activating group) is 1. The predicted octanol–water partition coefficient (Wildman–Crippen LogP) is 2.52. The summed E-state index contributed by atoms with van der Waals surface area (Å²) in [7, 11) is 3.04. The number of ketones is 1. The number of likely N-dealkylation sites (tertiary alicyclic amines) is 1. The van der Waals surface area contributed by atoms with Gasteiger partial charge in [-0.3, -0.25) is 9.59 Å². The summed E-state index contributed by atoms with van der Waals surface area (Å²) in [5, 5.41) is 11.0. The van der Waals surface area contributed by atoms with E-state index in [4.69, 9.17) is 14.2 Å². The number of methoxy groups -OCH3 is 1. The minimum absolute atomic E-state index is 0.00804. The standard InChI is InChI=1S/C21H19NO6/c1-22-18(13-5-3-4-6-14(13)26-2)17(20(24)21(22)25)19(23)12-7-8-15-16(11-12)28-10-9-27-15/h3-8,11,18,23H,9-10H2,1-2H3/b19-17+. The van der Waals surface area contributed by atoms with Crippen LogP contribution in [0.25, 0.3) is 5.76 Å². The molecule has 2 aliphatic heterocycles. The van der Waals surface area contributed by atoms with E-state index in [0.717, 1.165) is 0 Å². The van der Waals surface area contributed by atoms with Crippen LogP contribution >= 0.6 is 0 Å². The van der Waals surface area contributed by atoms with Gasteiger partial charge in [-0.15, -0.1) is 0 Å². The first-order valence-electron chi connectivity index (χ1n) is 8.80. The third-order valence-electron chi connectivity index (χ3n) is 4.92. The molecule has 2 aliphatic rings. The zero-order valence-corrected chi connectivity index (χ0v) is 15.5. The molecule has 0 spiro atoms. The van der Waals surface area contributed by atoms with Crippen LogP contribution in [-0.4, -0.2) is 49.1 Å². The summed E-state index contributed by atoms with van der Waals surface area (Å²) in [6, 6.07) is 11.2. The van der Waals surface area contributed by atoms with Crippen LogP contribution in [-0.2, 0) is 9.59 Å². The Morgan fingerprint density at radius 2 is 1.82 bits per heavy atom. The summed E-state index contributed by atoms with van der Waals surface area (Å²) in [6.45, 7) is 0.852. The Kier molecular flexibility index (Phi) is 4.43. The Bertz CT molecular complexity index is 996. The van der Waals surface area contributed by atoms with E-state index in [1.807, 2.05) is 0 Å². The van der Waals surface area contributed by atoms with Crippen LogP contribution in [0.3, 0.4) is 0 Å². The van der Waals surface area contributed by atoms with E-state index in [0.29, 0.717) is 41.6 Å². The number of amides is 1. The number of benzene rings is 2. The van der Waals surface area contributed by atoms with Gasteiger partial charge >= 0.3 is 0 Å². The highest BCUT2D eigenvalue weighted by Crippen LogP contribution is 2.42. The summed E-state index contributed by atoms with van der Waals surface area (Å²) in [4.78, 5) is 26.4. The molecule has 2 aromatic rings. The molecule has 1 fully saturated rings. The van der Waals surface area contributed by atoms with Crippen molar-refractivity contribution in [3.05, 3.63) is 59.2 Å². The largest absolute Gasteiger partial charge is 0.507 e. The monoisotopic (exact) mass is 381 g/mol. The molecular formula is C21H19NO6. The van der Waals surface area contributed by atoms with Crippen molar-refractivity contribution in [2.45, 2.75) is 6.04 Å². The number of nitrogens with zero attached hydrogens (tertiary/aromatic N) is 1. The number of aliphatic hydroxyl groups is 1. The Morgan fingerprint density at radius 3 is 2.57 bits per heavy atom. The molecule has 28 heavy (non-hydrogen) atoms. The fraction of sp³-hybridized carbons (Fsp3) is 0.238. The lowest BCUT2D eigenvalue weighted by Crippen LogP contribution is -2.25. The number of hydrogen-bond donors (Lipinski definition) is 1. The van der Waals surface area contributed by atoms with E-state index >= 15 is 0 Å². The van der Waals surface area contributed by atoms with Crippen molar-refractivity contribution < 1.29 is 28.9 Å². The molecule has 0 aromatic heterocycles. The summed E-state index contributed by atoms with van der Waals surface area (Å²) in [5.41, 5.74) is 0.995. The highest BCUT2D eigenvalue weighted by Gasteiger charge is 2.45. The molecule has 1 saturated heterocycles. The Labute approximate surface area is 161 Å². The summed E-state index contributed by atoms with van der Waals surface area (Å²) in [5.74, 6) is -0.124. The lowest BCUT2D eigenvalue weighted by Gasteiger charge is -2.23. The number of carbonyl (C=O) groups excluding carboxylic acids is 2. The maximum absolute atomic E-state index is 12.7. The molecule has 0 aliphatic carbocycles. The Hall–Kier alpha value is -3.48. The van der Waals surface area contributed by atoms with Gasteiger partial charge in [0.25, 0.3) is 11.7 Å². The molecular weight excluding hydrogens is 362 g/mol. The van der Waals surface area contributed by atoms with Gasteiger partial charge in [-0.1, -0.05) is 18.2 Å². The second-order valence-corrected chi connectivity index (χ2v) is 6.51. The normalized spacial score (nSPS) is 20.4. The Balaban J connectivity index is 1.87. The van der Waals surface area contributed by atoms with Crippen molar-refractivity contribution in [1.82, 2.24) is 4.90 Å². The molecule has 0 radical (unpaired) electrons. The smallest absolute Gasteiger partial charge is 0.295 e. The highest BCUT2D eigenvalue weighted by atomic mass is 16.6. The van der Waals surface area contributed by atoms with Gasteiger partial charge in [0.2, 0.25) is 0 Å². The molecule has 1 atom stereocenters. The lowest BCUT2D eigenvalue weighted by atomic mass is 9.94. The van der Waals surface area contributed by atoms with E-state index in [1.54, 1.807) is 42.5 Å². The van der Waals surface area contributed by atoms with Gasteiger partial charge in [0.15, 0.2) is 11.5 Å². The summed E-state index contributed by atoms with van der Waals surface area (Å²) in [6.07, 6.45) is 0. The number of Topliss-reactive ketones (excluding diaryl/α,β-unsaturated/α-hetero) is 1. The van der Waals surface area contributed by atoms with Crippen molar-refractivity contribution in [2.24, 2.45) is 0 Å². The van der Waals surface area contributed by atoms with Crippen LogP contribution in [0.5, 0.6) is 17.2 Å². The molecule has 0 saturated carbocycles. The number of carbonyl (C=O) groups is 2. The molecule has 7 nitrogen and oxygen atoms in total. The number of para-hydroxylation sites is 1. The van der Waals surface area contributed by atoms with Crippen molar-refractivity contribution in [1.29, 1.82) is 0 Å². The van der Waals surface area contributed by atoms with Crippen LogP contribution in [0.2, 0.25) is 0 Å². The average molecular weight is 381 g/mol. The van der Waals surface area contributed by atoms with Crippen molar-refractivity contribution >= 4 is 17.4 Å². The van der Waals surface area contributed by atoms with E-state index in [2.05, 4.69) is 0 Å². The highest BCUT2D eigenvalue weighted by molar-refractivity contribution is 6.46. The number of rotatable bonds is 3. The summed E-state index contributed by atoms with van der Waals surface area (Å²) >= 11 is 0. The molecule has 2 heterocycles. The van der Waals surface area contributed by atoms with Gasteiger partial charge in [0.1, 0.15) is 24.7 Å². The zero-order valence-electron chi connectivity index (χ0n) is 15.5. The average Bonchev–Trinajstić information content (AvgIpc) is 2.96. The molecule has 0 bridgehead atoms. The maximum Gasteiger partial charge on any atom is 0.295 e. The van der Waals surface area contributed by atoms with E-state index in [1.165, 1.54) is 19.1 Å². The van der Waals surface area contributed by atoms with Crippen molar-refractivity contribution in [2.75, 3.05) is 27.4 Å². The van der Waals surface area contributed by atoms with Crippen LogP contribution in [0, 0.1) is 0 Å². The van der Waals surface area contributed by atoms with Crippen LogP contribution in [0.1, 0.15) is 17.2 Å². The lowest BCUT2D eigenvalue weighted by molar-refractivity contribution is -0.139. The molecule has 4 rings (SSSR count). The van der Waals surface area contributed by atoms with E-state index < -0.39 is 17.7 Å². The van der Waals surface area contributed by atoms with Crippen molar-refractivity contribution in [3.63, 3.8) is 0 Å². The molecule has 1 unspecified atom stereocenters. The van der Waals surface area contributed by atoms with Crippen LogP contribution < -0.4 is 14.2 Å². The number of hydrogen-bond acceptors (Lipinski definition) is 6. The third kappa shape index (κ3) is 2.76. The number of fused-ring (bicyclic) bond motifs is 1. The molecule has 144 valence electrons. The quantitative estimate of drug-likeness (QED) is 0.500. The SMILES string of the molecule is COc1ccccc1C1/C(=C(\O)c2ccc3c(c2)OCCO3)C(=O)C(=O)N1C. The fourth-order valence-electron chi connectivity index (χ4n) is 3.55. The van der Waals surface area contributed by atoms with Crippen molar-refractivity contribution in [3.8, 4) is 17.2 Å². The number of ether oxygens (including phenoxy) is 3. The maximum atomic E-state index is 12.7. The van der Waals surface area contributed by atoms with Gasteiger partial charge < -0.3 is 24.2 Å². The molecule has 1 amide bonds. The second-order valence-electron chi connectivity index (χ2n) is 6.51. The minimum atomic E-state index is -0.760. The van der Waals surface area contributed by atoms with E-state index in [9.17, 15) is 14.7 Å². The van der Waals surface area contributed by atoms with E-state index in [-0.39, 0.29) is 11.3 Å². The van der Waals surface area contributed by atoms with Gasteiger partial charge in [-0.2, -0.15) is 0 Å². The third-order valence-corrected chi connectivity index (χ3v) is 4.92. The second kappa shape index (κ2) is 6.92. The molecule has 1 N–H and O–H groups in total. The first kappa shape index (κ1) is 17.9. The predicted molar refractivity (Wildman–Crippen MR) is 100 cm³/mol. The fourth-order valence-corrected chi connectivity index (χ4v) is 3.55. The minimum Gasteiger partial charge on any atom is -0.507 e. The number of aliphatic hydroxyl groups excluding tert-OH is 1. The molecule has 2 aromatic carbocycles. The first-order valence-corrected chi connectivity index (χ1v) is 8.80. The summed E-state index contributed by atoms with van der Waals surface area (Å²) < 4.78 is 16.4. The van der Waals surface area contributed by atoms with Crippen LogP contribution in [0.15, 0.2) is 48.0 Å². The Morgan fingerprint density at radius 1 is 1.11 bits per heavy atom. The first-order chi connectivity index (χ1) is 13.5.